The average Bonchev–Trinajstić information content (AvgIpc) is 2.82. The molecule has 0 atom stereocenters. The van der Waals surface area contributed by atoms with E-state index in [0.29, 0.717) is 11.4 Å². The number of H-pyrrole nitrogens is 1. The highest BCUT2D eigenvalue weighted by atomic mass is 19.1. The third-order valence-corrected chi connectivity index (χ3v) is 2.36. The summed E-state index contributed by atoms with van der Waals surface area (Å²) < 4.78 is 13.0. The maximum Gasteiger partial charge on any atom is 0.131 e. The monoisotopic (exact) mass is 214 g/mol. The molecule has 0 saturated heterocycles. The summed E-state index contributed by atoms with van der Waals surface area (Å²) in [6.07, 6.45) is 3.29. The number of nitrogens with zero attached hydrogens (tertiary/aromatic N) is 3. The normalized spacial score (nSPS) is 10.8. The topological polar surface area (TPSA) is 54.5 Å². The molecule has 0 aliphatic heterocycles. The van der Waals surface area contributed by atoms with Crippen molar-refractivity contribution in [3.05, 3.63) is 42.5 Å². The summed E-state index contributed by atoms with van der Waals surface area (Å²) in [6.45, 7) is 0. The van der Waals surface area contributed by atoms with Gasteiger partial charge in [0, 0.05) is 11.6 Å². The number of aromatic amines is 1. The van der Waals surface area contributed by atoms with Crippen LogP contribution >= 0.6 is 0 Å². The second-order valence-electron chi connectivity index (χ2n) is 3.42. The first kappa shape index (κ1) is 8.96. The van der Waals surface area contributed by atoms with Crippen LogP contribution in [0.4, 0.5) is 4.39 Å². The zero-order valence-corrected chi connectivity index (χ0v) is 8.18. The minimum Gasteiger partial charge on any atom is -0.265 e. The predicted octanol–water partition coefficient (Wildman–Crippen LogP) is 2.16. The van der Waals surface area contributed by atoms with Crippen molar-refractivity contribution in [3.8, 4) is 11.4 Å². The predicted molar refractivity (Wildman–Crippen MR) is 57.1 cm³/mol. The lowest BCUT2D eigenvalue weighted by Crippen LogP contribution is -1.85. The highest BCUT2D eigenvalue weighted by molar-refractivity contribution is 5.84. The van der Waals surface area contributed by atoms with Gasteiger partial charge in [0.05, 0.1) is 11.9 Å². The third kappa shape index (κ3) is 1.42. The number of hydrogen-bond donors (Lipinski definition) is 1. The van der Waals surface area contributed by atoms with Crippen LogP contribution in [0.2, 0.25) is 0 Å². The Morgan fingerprint density at radius 2 is 2.00 bits per heavy atom. The van der Waals surface area contributed by atoms with Crippen LogP contribution in [0, 0.1) is 5.82 Å². The van der Waals surface area contributed by atoms with Crippen LogP contribution in [0.1, 0.15) is 0 Å². The maximum atomic E-state index is 13.0. The van der Waals surface area contributed by atoms with E-state index in [1.54, 1.807) is 18.5 Å². The summed E-state index contributed by atoms with van der Waals surface area (Å²) in [4.78, 5) is 4.20. The second kappa shape index (κ2) is 3.37. The van der Waals surface area contributed by atoms with Gasteiger partial charge in [0.1, 0.15) is 11.5 Å². The third-order valence-electron chi connectivity index (χ3n) is 2.36. The van der Waals surface area contributed by atoms with Crippen LogP contribution in [0.5, 0.6) is 0 Å². The fourth-order valence-electron chi connectivity index (χ4n) is 1.58. The molecule has 2 aromatic heterocycles. The van der Waals surface area contributed by atoms with E-state index in [1.807, 2.05) is 6.07 Å². The molecule has 0 amide bonds. The van der Waals surface area contributed by atoms with Crippen LogP contribution in [-0.4, -0.2) is 20.4 Å². The van der Waals surface area contributed by atoms with Crippen molar-refractivity contribution in [3.63, 3.8) is 0 Å². The zero-order valence-electron chi connectivity index (χ0n) is 8.18. The minimum absolute atomic E-state index is 0.261. The van der Waals surface area contributed by atoms with Gasteiger partial charge in [-0.15, -0.1) is 5.10 Å². The Labute approximate surface area is 90.1 Å². The molecule has 0 fully saturated rings. The van der Waals surface area contributed by atoms with E-state index >= 15 is 0 Å². The highest BCUT2D eigenvalue weighted by Gasteiger charge is 2.04. The van der Waals surface area contributed by atoms with Gasteiger partial charge < -0.3 is 0 Å². The molecule has 0 aliphatic carbocycles. The Hall–Kier alpha value is -2.30. The molecule has 16 heavy (non-hydrogen) atoms. The Kier molecular flexibility index (Phi) is 1.89. The van der Waals surface area contributed by atoms with Crippen molar-refractivity contribution in [2.24, 2.45) is 0 Å². The molecular weight excluding hydrogens is 207 g/mol. The summed E-state index contributed by atoms with van der Waals surface area (Å²) >= 11 is 0. The van der Waals surface area contributed by atoms with Gasteiger partial charge in [-0.3, -0.25) is 10.1 Å². The van der Waals surface area contributed by atoms with Gasteiger partial charge in [-0.1, -0.05) is 11.3 Å². The van der Waals surface area contributed by atoms with Crippen molar-refractivity contribution in [1.29, 1.82) is 0 Å². The lowest BCUT2D eigenvalue weighted by Gasteiger charge is -1.99. The first-order valence-corrected chi connectivity index (χ1v) is 4.75. The summed E-state index contributed by atoms with van der Waals surface area (Å²) in [5, 5.41) is 11.8. The first-order chi connectivity index (χ1) is 7.83. The number of halogens is 1. The first-order valence-electron chi connectivity index (χ1n) is 4.75. The van der Waals surface area contributed by atoms with Crippen molar-refractivity contribution in [2.75, 3.05) is 0 Å². The largest absolute Gasteiger partial charge is 0.265 e. The lowest BCUT2D eigenvalue weighted by atomic mass is 10.1. The van der Waals surface area contributed by atoms with Gasteiger partial charge in [0.15, 0.2) is 0 Å². The summed E-state index contributed by atoms with van der Waals surface area (Å²) in [6, 6.07) is 6.45. The Morgan fingerprint density at radius 1 is 1.06 bits per heavy atom. The van der Waals surface area contributed by atoms with E-state index in [2.05, 4.69) is 20.4 Å². The number of pyridine rings is 1. The second-order valence-corrected chi connectivity index (χ2v) is 3.42. The van der Waals surface area contributed by atoms with Crippen LogP contribution in [0.25, 0.3) is 22.2 Å². The summed E-state index contributed by atoms with van der Waals surface area (Å²) in [5.41, 5.74) is 1.39. The zero-order chi connectivity index (χ0) is 11.0. The molecule has 4 nitrogen and oxygen atoms in total. The summed E-state index contributed by atoms with van der Waals surface area (Å²) in [5.74, 6) is -0.261. The quantitative estimate of drug-likeness (QED) is 0.675. The fourth-order valence-corrected chi connectivity index (χ4v) is 1.58. The Bertz CT molecular complexity index is 634. The molecule has 78 valence electrons. The number of aromatic nitrogens is 4. The Balaban J connectivity index is 2.20. The van der Waals surface area contributed by atoms with E-state index in [1.165, 1.54) is 12.1 Å². The molecule has 3 aromatic rings. The van der Waals surface area contributed by atoms with Crippen LogP contribution < -0.4 is 0 Å². The van der Waals surface area contributed by atoms with E-state index in [9.17, 15) is 4.39 Å². The van der Waals surface area contributed by atoms with E-state index in [0.717, 1.165) is 10.8 Å². The Morgan fingerprint density at radius 3 is 2.81 bits per heavy atom. The molecule has 0 unspecified atom stereocenters. The minimum atomic E-state index is -0.261. The van der Waals surface area contributed by atoms with Crippen molar-refractivity contribution in [1.82, 2.24) is 20.4 Å². The number of nitrogens with one attached hydrogen (secondary N) is 1. The van der Waals surface area contributed by atoms with Gasteiger partial charge in [-0.05, 0) is 23.6 Å². The molecule has 0 saturated carbocycles. The molecule has 0 spiro atoms. The molecule has 1 N–H and O–H groups in total. The summed E-state index contributed by atoms with van der Waals surface area (Å²) in [7, 11) is 0. The fraction of sp³-hybridized carbons (Fsp3) is 0. The van der Waals surface area contributed by atoms with Crippen LogP contribution in [-0.2, 0) is 0 Å². The molecule has 2 heterocycles. The molecule has 5 heteroatoms. The molecule has 0 aliphatic rings. The number of rotatable bonds is 1. The lowest BCUT2D eigenvalue weighted by molar-refractivity contribution is 0.629. The molecule has 0 radical (unpaired) electrons. The molecule has 0 bridgehead atoms. The van der Waals surface area contributed by atoms with E-state index in [4.69, 9.17) is 0 Å². The van der Waals surface area contributed by atoms with Gasteiger partial charge >= 0.3 is 0 Å². The van der Waals surface area contributed by atoms with Gasteiger partial charge in [0.2, 0.25) is 0 Å². The van der Waals surface area contributed by atoms with Gasteiger partial charge in [0.25, 0.3) is 0 Å². The standard InChI is InChI=1S/C11H7FN4/c12-9-2-1-7-4-10(11-6-14-16-15-11)13-5-8(7)3-9/h1-6H,(H,14,15,16). The maximum absolute atomic E-state index is 13.0. The van der Waals surface area contributed by atoms with Gasteiger partial charge in [-0.2, -0.15) is 0 Å². The highest BCUT2D eigenvalue weighted by Crippen LogP contribution is 2.20. The number of hydrogen-bond acceptors (Lipinski definition) is 3. The van der Waals surface area contributed by atoms with Crippen molar-refractivity contribution in [2.45, 2.75) is 0 Å². The average molecular weight is 214 g/mol. The SMILES string of the molecule is Fc1ccc2cc(-c3c[nH]nn3)ncc2c1. The van der Waals surface area contributed by atoms with E-state index < -0.39 is 0 Å². The van der Waals surface area contributed by atoms with E-state index in [-0.39, 0.29) is 5.82 Å². The number of fused-ring (bicyclic) bond motifs is 1. The molecule has 1 aromatic carbocycles. The molecular formula is C11H7FN4. The molecule has 3 rings (SSSR count). The van der Waals surface area contributed by atoms with Crippen molar-refractivity contribution >= 4 is 10.8 Å². The van der Waals surface area contributed by atoms with Crippen LogP contribution in [0.15, 0.2) is 36.7 Å². The van der Waals surface area contributed by atoms with Gasteiger partial charge in [-0.25, -0.2) is 4.39 Å². The van der Waals surface area contributed by atoms with Crippen molar-refractivity contribution < 1.29 is 4.39 Å². The van der Waals surface area contributed by atoms with Crippen LogP contribution in [0.3, 0.4) is 0 Å². The number of benzene rings is 1. The smallest absolute Gasteiger partial charge is 0.131 e.